The molecule has 3 nitrogen and oxygen atoms in total. The molecule has 0 spiro atoms. The Balaban J connectivity index is 1.89. The zero-order valence-corrected chi connectivity index (χ0v) is 10.1. The summed E-state index contributed by atoms with van der Waals surface area (Å²) in [5.74, 6) is -1.54. The van der Waals surface area contributed by atoms with Gasteiger partial charge in [0.2, 0.25) is 5.91 Å². The van der Waals surface area contributed by atoms with E-state index in [4.69, 9.17) is 0 Å². The third-order valence-electron chi connectivity index (χ3n) is 2.24. The van der Waals surface area contributed by atoms with Crippen LogP contribution in [0.1, 0.15) is 11.3 Å². The Morgan fingerprint density at radius 1 is 1.28 bits per heavy atom. The highest BCUT2D eigenvalue weighted by atomic mass is 32.1. The average molecular weight is 268 g/mol. The monoisotopic (exact) mass is 268 g/mol. The highest BCUT2D eigenvalue weighted by Gasteiger charge is 2.06. The van der Waals surface area contributed by atoms with Gasteiger partial charge in [-0.3, -0.25) is 4.79 Å². The molecule has 1 N–H and O–H groups in total. The Morgan fingerprint density at radius 3 is 2.61 bits per heavy atom. The SMILES string of the molecule is O=C(Cc1cscn1)NCc1cc(F)cc(F)c1. The number of benzene rings is 1. The number of nitrogens with zero attached hydrogens (tertiary/aromatic N) is 1. The van der Waals surface area contributed by atoms with E-state index in [2.05, 4.69) is 10.3 Å². The molecule has 0 unspecified atom stereocenters. The minimum absolute atomic E-state index is 0.0949. The van der Waals surface area contributed by atoms with Gasteiger partial charge in [-0.2, -0.15) is 0 Å². The summed E-state index contributed by atoms with van der Waals surface area (Å²) in [6.07, 6.45) is 0.168. The molecule has 18 heavy (non-hydrogen) atoms. The Bertz CT molecular complexity index is 523. The van der Waals surface area contributed by atoms with Crippen molar-refractivity contribution in [2.45, 2.75) is 13.0 Å². The maximum Gasteiger partial charge on any atom is 0.226 e. The van der Waals surface area contributed by atoms with Crippen molar-refractivity contribution in [3.8, 4) is 0 Å². The van der Waals surface area contributed by atoms with Crippen LogP contribution in [-0.4, -0.2) is 10.9 Å². The lowest BCUT2D eigenvalue weighted by atomic mass is 10.2. The molecule has 0 radical (unpaired) electrons. The summed E-state index contributed by atoms with van der Waals surface area (Å²) in [7, 11) is 0. The van der Waals surface area contributed by atoms with E-state index >= 15 is 0 Å². The first-order chi connectivity index (χ1) is 8.63. The molecule has 1 aromatic carbocycles. The Hall–Kier alpha value is -1.82. The van der Waals surface area contributed by atoms with Gasteiger partial charge in [0.15, 0.2) is 0 Å². The Labute approximate surface area is 106 Å². The van der Waals surface area contributed by atoms with Crippen LogP contribution in [-0.2, 0) is 17.8 Å². The first kappa shape index (κ1) is 12.6. The van der Waals surface area contributed by atoms with Crippen LogP contribution in [0.5, 0.6) is 0 Å². The molecule has 1 heterocycles. The molecule has 2 aromatic rings. The minimum atomic E-state index is -0.654. The predicted molar refractivity (Wildman–Crippen MR) is 64.0 cm³/mol. The topological polar surface area (TPSA) is 42.0 Å². The summed E-state index contributed by atoms with van der Waals surface area (Å²) >= 11 is 1.41. The van der Waals surface area contributed by atoms with Gasteiger partial charge in [0.25, 0.3) is 0 Å². The van der Waals surface area contributed by atoms with E-state index in [1.165, 1.54) is 23.5 Å². The van der Waals surface area contributed by atoms with E-state index in [1.807, 2.05) is 0 Å². The number of rotatable bonds is 4. The molecule has 0 atom stereocenters. The summed E-state index contributed by atoms with van der Waals surface area (Å²) in [5, 5.41) is 4.36. The fourth-order valence-corrected chi connectivity index (χ4v) is 2.02. The number of carbonyl (C=O) groups is 1. The van der Waals surface area contributed by atoms with E-state index < -0.39 is 11.6 Å². The molecule has 1 amide bonds. The average Bonchev–Trinajstić information content (AvgIpc) is 2.78. The van der Waals surface area contributed by atoms with Crippen molar-refractivity contribution in [2.24, 2.45) is 0 Å². The summed E-state index contributed by atoms with van der Waals surface area (Å²) in [5.41, 5.74) is 2.71. The number of carbonyl (C=O) groups excluding carboxylic acids is 1. The van der Waals surface area contributed by atoms with Crippen molar-refractivity contribution in [3.63, 3.8) is 0 Å². The second-order valence-electron chi connectivity index (χ2n) is 3.71. The zero-order valence-electron chi connectivity index (χ0n) is 9.32. The van der Waals surface area contributed by atoms with Gasteiger partial charge in [-0.25, -0.2) is 13.8 Å². The molecule has 6 heteroatoms. The van der Waals surface area contributed by atoms with Crippen LogP contribution in [0.4, 0.5) is 8.78 Å². The van der Waals surface area contributed by atoms with E-state index in [-0.39, 0.29) is 18.9 Å². The first-order valence-corrected chi connectivity index (χ1v) is 6.16. The molecular weight excluding hydrogens is 258 g/mol. The predicted octanol–water partition coefficient (Wildman–Crippen LogP) is 2.28. The first-order valence-electron chi connectivity index (χ1n) is 5.22. The van der Waals surface area contributed by atoms with Gasteiger partial charge in [-0.15, -0.1) is 11.3 Å². The van der Waals surface area contributed by atoms with Crippen LogP contribution < -0.4 is 5.32 Å². The summed E-state index contributed by atoms with van der Waals surface area (Å²) in [6.45, 7) is 0.0949. The normalized spacial score (nSPS) is 10.3. The van der Waals surface area contributed by atoms with E-state index in [1.54, 1.807) is 10.9 Å². The van der Waals surface area contributed by atoms with Crippen LogP contribution in [0, 0.1) is 11.6 Å². The Kier molecular flexibility index (Phi) is 3.99. The molecule has 0 aliphatic heterocycles. The standard InChI is InChI=1S/C12H10F2N2OS/c13-9-1-8(2-10(14)3-9)5-15-12(17)4-11-6-18-7-16-11/h1-3,6-7H,4-5H2,(H,15,17). The smallest absolute Gasteiger partial charge is 0.226 e. The molecule has 0 saturated carbocycles. The third-order valence-corrected chi connectivity index (χ3v) is 2.87. The van der Waals surface area contributed by atoms with Crippen molar-refractivity contribution < 1.29 is 13.6 Å². The van der Waals surface area contributed by atoms with E-state index in [9.17, 15) is 13.6 Å². The van der Waals surface area contributed by atoms with Crippen LogP contribution in [0.15, 0.2) is 29.1 Å². The van der Waals surface area contributed by atoms with Crippen molar-refractivity contribution in [1.82, 2.24) is 10.3 Å². The third kappa shape index (κ3) is 3.59. The van der Waals surface area contributed by atoms with Crippen molar-refractivity contribution in [1.29, 1.82) is 0 Å². The molecule has 0 bridgehead atoms. The zero-order chi connectivity index (χ0) is 13.0. The van der Waals surface area contributed by atoms with Crippen molar-refractivity contribution >= 4 is 17.2 Å². The lowest BCUT2D eigenvalue weighted by Gasteiger charge is -2.04. The molecule has 1 aromatic heterocycles. The largest absolute Gasteiger partial charge is 0.352 e. The minimum Gasteiger partial charge on any atom is -0.352 e. The lowest BCUT2D eigenvalue weighted by molar-refractivity contribution is -0.120. The van der Waals surface area contributed by atoms with Gasteiger partial charge in [0.05, 0.1) is 17.6 Å². The Morgan fingerprint density at radius 2 is 2.00 bits per heavy atom. The van der Waals surface area contributed by atoms with Crippen LogP contribution in [0.2, 0.25) is 0 Å². The van der Waals surface area contributed by atoms with Gasteiger partial charge in [0, 0.05) is 18.0 Å². The number of amides is 1. The lowest BCUT2D eigenvalue weighted by Crippen LogP contribution is -2.24. The fraction of sp³-hybridized carbons (Fsp3) is 0.167. The molecule has 94 valence electrons. The highest BCUT2D eigenvalue weighted by molar-refractivity contribution is 7.07. The molecule has 0 fully saturated rings. The van der Waals surface area contributed by atoms with Gasteiger partial charge >= 0.3 is 0 Å². The number of nitrogens with one attached hydrogen (secondary N) is 1. The molecule has 0 saturated heterocycles. The van der Waals surface area contributed by atoms with Gasteiger partial charge in [-0.1, -0.05) is 0 Å². The maximum atomic E-state index is 12.9. The second-order valence-corrected chi connectivity index (χ2v) is 4.43. The fourth-order valence-electron chi connectivity index (χ4n) is 1.47. The van der Waals surface area contributed by atoms with Crippen LogP contribution in [0.3, 0.4) is 0 Å². The molecular formula is C12H10F2N2OS. The van der Waals surface area contributed by atoms with E-state index in [0.717, 1.165) is 6.07 Å². The number of thiazole rings is 1. The molecule has 2 rings (SSSR count). The number of hydrogen-bond acceptors (Lipinski definition) is 3. The highest BCUT2D eigenvalue weighted by Crippen LogP contribution is 2.08. The summed E-state index contributed by atoms with van der Waals surface area (Å²) in [4.78, 5) is 15.5. The van der Waals surface area contributed by atoms with Crippen LogP contribution in [0.25, 0.3) is 0 Å². The van der Waals surface area contributed by atoms with Gasteiger partial charge in [0.1, 0.15) is 11.6 Å². The number of halogens is 2. The summed E-state index contributed by atoms with van der Waals surface area (Å²) in [6, 6.07) is 3.17. The van der Waals surface area contributed by atoms with Crippen LogP contribution >= 0.6 is 11.3 Å². The number of hydrogen-bond donors (Lipinski definition) is 1. The van der Waals surface area contributed by atoms with Gasteiger partial charge < -0.3 is 5.32 Å². The second kappa shape index (κ2) is 5.68. The van der Waals surface area contributed by atoms with Crippen molar-refractivity contribution in [3.05, 3.63) is 52.0 Å². The maximum absolute atomic E-state index is 12.9. The summed E-state index contributed by atoms with van der Waals surface area (Å²) < 4.78 is 25.8. The number of aromatic nitrogens is 1. The van der Waals surface area contributed by atoms with Gasteiger partial charge in [-0.05, 0) is 17.7 Å². The molecule has 0 aliphatic carbocycles. The van der Waals surface area contributed by atoms with E-state index in [0.29, 0.717) is 11.3 Å². The molecule has 0 aliphatic rings. The quantitative estimate of drug-likeness (QED) is 0.924. The van der Waals surface area contributed by atoms with Crippen molar-refractivity contribution in [2.75, 3.05) is 0 Å².